The summed E-state index contributed by atoms with van der Waals surface area (Å²) in [4.78, 5) is 19.4. The van der Waals surface area contributed by atoms with Crippen LogP contribution in [0.1, 0.15) is 34.1 Å². The minimum atomic E-state index is -0.298. The third kappa shape index (κ3) is 3.25. The van der Waals surface area contributed by atoms with Crippen LogP contribution in [0.25, 0.3) is 10.9 Å². The lowest BCUT2D eigenvalue weighted by Gasteiger charge is -2.21. The number of amides is 1. The molecule has 0 bridgehead atoms. The van der Waals surface area contributed by atoms with Crippen molar-refractivity contribution < 1.29 is 9.18 Å². The number of benzene rings is 2. The largest absolute Gasteiger partial charge is 0.337 e. The number of fused-ring (bicyclic) bond motifs is 1. The Morgan fingerprint density at radius 2 is 1.80 bits per heavy atom. The third-order valence-corrected chi connectivity index (χ3v) is 4.50. The summed E-state index contributed by atoms with van der Waals surface area (Å²) in [5.74, 6) is -0.415. The standard InChI is InChI=1S/C21H21FN2O/c1-4-18-14(2)20(16-10-6-8-12-19(16)23-18)21(25)24(3)13-15-9-5-7-11-17(15)22/h5-12H,4,13H2,1-3H3. The molecule has 0 atom stereocenters. The first-order valence-corrected chi connectivity index (χ1v) is 8.40. The number of hydrogen-bond donors (Lipinski definition) is 0. The quantitative estimate of drug-likeness (QED) is 0.702. The highest BCUT2D eigenvalue weighted by molar-refractivity contribution is 6.07. The third-order valence-electron chi connectivity index (χ3n) is 4.50. The van der Waals surface area contributed by atoms with Crippen molar-refractivity contribution >= 4 is 16.8 Å². The first-order chi connectivity index (χ1) is 12.0. The molecule has 3 rings (SSSR count). The second-order valence-electron chi connectivity index (χ2n) is 6.18. The Bertz CT molecular complexity index is 936. The van der Waals surface area contributed by atoms with Crippen LogP contribution in [-0.4, -0.2) is 22.8 Å². The Kier molecular flexibility index (Phi) is 4.79. The molecule has 0 saturated heterocycles. The van der Waals surface area contributed by atoms with Crippen LogP contribution in [0.4, 0.5) is 4.39 Å². The Balaban J connectivity index is 2.04. The van der Waals surface area contributed by atoms with Crippen LogP contribution < -0.4 is 0 Å². The smallest absolute Gasteiger partial charge is 0.254 e. The van der Waals surface area contributed by atoms with E-state index in [1.54, 1.807) is 30.1 Å². The lowest BCUT2D eigenvalue weighted by Crippen LogP contribution is -2.28. The molecule has 4 heteroatoms. The van der Waals surface area contributed by atoms with Crippen molar-refractivity contribution in [1.82, 2.24) is 9.88 Å². The van der Waals surface area contributed by atoms with Gasteiger partial charge in [0.05, 0.1) is 11.1 Å². The number of aryl methyl sites for hydroxylation is 1. The van der Waals surface area contributed by atoms with Gasteiger partial charge in [-0.1, -0.05) is 43.3 Å². The van der Waals surface area contributed by atoms with Crippen LogP contribution in [0, 0.1) is 12.7 Å². The van der Waals surface area contributed by atoms with Crippen molar-refractivity contribution in [2.24, 2.45) is 0 Å². The second kappa shape index (κ2) is 7.01. The summed E-state index contributed by atoms with van der Waals surface area (Å²) in [6.07, 6.45) is 0.758. The van der Waals surface area contributed by atoms with E-state index >= 15 is 0 Å². The summed E-state index contributed by atoms with van der Waals surface area (Å²) in [6, 6.07) is 14.2. The average molecular weight is 336 g/mol. The highest BCUT2D eigenvalue weighted by atomic mass is 19.1. The second-order valence-corrected chi connectivity index (χ2v) is 6.18. The number of rotatable bonds is 4. The number of pyridine rings is 1. The molecule has 0 unspecified atom stereocenters. The van der Waals surface area contributed by atoms with E-state index in [2.05, 4.69) is 4.98 Å². The lowest BCUT2D eigenvalue weighted by molar-refractivity contribution is 0.0785. The fourth-order valence-corrected chi connectivity index (χ4v) is 3.12. The highest BCUT2D eigenvalue weighted by Crippen LogP contribution is 2.25. The number of para-hydroxylation sites is 1. The van der Waals surface area contributed by atoms with Crippen LogP contribution in [0.2, 0.25) is 0 Å². The molecule has 3 aromatic rings. The summed E-state index contributed by atoms with van der Waals surface area (Å²) < 4.78 is 13.9. The van der Waals surface area contributed by atoms with Crippen molar-refractivity contribution in [2.45, 2.75) is 26.8 Å². The van der Waals surface area contributed by atoms with Gasteiger partial charge in [-0.25, -0.2) is 4.39 Å². The van der Waals surface area contributed by atoms with Crippen LogP contribution in [0.15, 0.2) is 48.5 Å². The Morgan fingerprint density at radius 1 is 1.12 bits per heavy atom. The van der Waals surface area contributed by atoms with Gasteiger partial charge in [0, 0.05) is 30.2 Å². The van der Waals surface area contributed by atoms with Gasteiger partial charge in [0.25, 0.3) is 5.91 Å². The summed E-state index contributed by atoms with van der Waals surface area (Å²) in [5.41, 5.74) is 3.78. The first kappa shape index (κ1) is 17.1. The van der Waals surface area contributed by atoms with Gasteiger partial charge >= 0.3 is 0 Å². The van der Waals surface area contributed by atoms with E-state index in [4.69, 9.17) is 0 Å². The molecule has 0 N–H and O–H groups in total. The van der Waals surface area contributed by atoms with Crippen molar-refractivity contribution in [1.29, 1.82) is 0 Å². The lowest BCUT2D eigenvalue weighted by atomic mass is 9.99. The van der Waals surface area contributed by atoms with E-state index in [0.29, 0.717) is 11.1 Å². The van der Waals surface area contributed by atoms with Gasteiger partial charge in [-0.05, 0) is 31.0 Å². The zero-order chi connectivity index (χ0) is 18.0. The molecule has 0 aliphatic rings. The van der Waals surface area contributed by atoms with E-state index in [1.807, 2.05) is 38.1 Å². The molecule has 1 amide bonds. The zero-order valence-corrected chi connectivity index (χ0v) is 14.7. The molecule has 128 valence electrons. The molecule has 0 aliphatic heterocycles. The maximum atomic E-state index is 13.9. The van der Waals surface area contributed by atoms with E-state index in [1.165, 1.54) is 6.07 Å². The molecule has 1 aromatic heterocycles. The first-order valence-electron chi connectivity index (χ1n) is 8.40. The molecular formula is C21H21FN2O. The molecule has 25 heavy (non-hydrogen) atoms. The molecule has 0 aliphatic carbocycles. The van der Waals surface area contributed by atoms with E-state index in [-0.39, 0.29) is 18.3 Å². The molecule has 0 spiro atoms. The van der Waals surface area contributed by atoms with Gasteiger partial charge < -0.3 is 4.90 Å². The fraction of sp³-hybridized carbons (Fsp3) is 0.238. The number of carbonyl (C=O) groups excluding carboxylic acids is 1. The molecule has 2 aromatic carbocycles. The Morgan fingerprint density at radius 3 is 2.52 bits per heavy atom. The van der Waals surface area contributed by atoms with Crippen LogP contribution in [-0.2, 0) is 13.0 Å². The summed E-state index contributed by atoms with van der Waals surface area (Å²) in [7, 11) is 1.70. The summed E-state index contributed by atoms with van der Waals surface area (Å²) in [5, 5.41) is 0.836. The number of nitrogens with zero attached hydrogens (tertiary/aromatic N) is 2. The average Bonchev–Trinajstić information content (AvgIpc) is 2.62. The SMILES string of the molecule is CCc1nc2ccccc2c(C(=O)N(C)Cc2ccccc2F)c1C. The van der Waals surface area contributed by atoms with Crippen molar-refractivity contribution in [3.8, 4) is 0 Å². The molecule has 1 heterocycles. The van der Waals surface area contributed by atoms with Crippen molar-refractivity contribution in [3.05, 3.63) is 76.7 Å². The monoisotopic (exact) mass is 336 g/mol. The maximum Gasteiger partial charge on any atom is 0.254 e. The molecule has 0 fully saturated rings. The van der Waals surface area contributed by atoms with Gasteiger partial charge in [0.15, 0.2) is 0 Å². The zero-order valence-electron chi connectivity index (χ0n) is 14.7. The van der Waals surface area contributed by atoms with Crippen LogP contribution in [0.3, 0.4) is 0 Å². The summed E-state index contributed by atoms with van der Waals surface area (Å²) >= 11 is 0. The van der Waals surface area contributed by atoms with Crippen molar-refractivity contribution in [2.75, 3.05) is 7.05 Å². The number of carbonyl (C=O) groups is 1. The number of hydrogen-bond acceptors (Lipinski definition) is 2. The van der Waals surface area contributed by atoms with Crippen LogP contribution in [0.5, 0.6) is 0 Å². The Hall–Kier alpha value is -2.75. The fourth-order valence-electron chi connectivity index (χ4n) is 3.12. The number of halogens is 1. The van der Waals surface area contributed by atoms with Gasteiger partial charge in [-0.2, -0.15) is 0 Å². The number of aromatic nitrogens is 1. The topological polar surface area (TPSA) is 33.2 Å². The summed E-state index contributed by atoms with van der Waals surface area (Å²) in [6.45, 7) is 4.19. The predicted octanol–water partition coefficient (Wildman–Crippen LogP) is 4.52. The molecule has 0 saturated carbocycles. The molecular weight excluding hydrogens is 315 g/mol. The van der Waals surface area contributed by atoms with Gasteiger partial charge in [-0.3, -0.25) is 9.78 Å². The van der Waals surface area contributed by atoms with Crippen molar-refractivity contribution in [3.63, 3.8) is 0 Å². The van der Waals surface area contributed by atoms with E-state index in [9.17, 15) is 9.18 Å². The van der Waals surface area contributed by atoms with Gasteiger partial charge in [-0.15, -0.1) is 0 Å². The normalized spacial score (nSPS) is 10.9. The minimum absolute atomic E-state index is 0.117. The van der Waals surface area contributed by atoms with Crippen LogP contribution >= 0.6 is 0 Å². The predicted molar refractivity (Wildman–Crippen MR) is 98.1 cm³/mol. The Labute approximate surface area is 147 Å². The maximum absolute atomic E-state index is 13.9. The van der Waals surface area contributed by atoms with Gasteiger partial charge in [0.2, 0.25) is 0 Å². The minimum Gasteiger partial charge on any atom is -0.337 e. The molecule has 0 radical (unpaired) electrons. The van der Waals surface area contributed by atoms with Gasteiger partial charge in [0.1, 0.15) is 5.82 Å². The van der Waals surface area contributed by atoms with E-state index in [0.717, 1.165) is 28.6 Å². The highest BCUT2D eigenvalue weighted by Gasteiger charge is 2.21. The molecule has 3 nitrogen and oxygen atoms in total. The van der Waals surface area contributed by atoms with E-state index < -0.39 is 0 Å².